The van der Waals surface area contributed by atoms with Gasteiger partial charge in [0.05, 0.1) is 18.3 Å². The van der Waals surface area contributed by atoms with Gasteiger partial charge in [0.15, 0.2) is 0 Å². The van der Waals surface area contributed by atoms with E-state index in [1.165, 1.54) is 0 Å². The number of aromatic nitrogens is 3. The number of aryl methyl sites for hydroxylation is 1. The third kappa shape index (κ3) is 5.20. The summed E-state index contributed by atoms with van der Waals surface area (Å²) in [6.45, 7) is 6.78. The standard InChI is InChI=1S/C22H27N5O2/c1-14(2)10-24-22-25-11-15(3)20(27-22)17-9-18(23-12-17)21(29)26-19(13-28)16-7-5-4-6-8-16/h4-9,11-12,14,19,23,28H,10,13H2,1-3H3,(H,26,29)(H,24,25,27)/t19-/m1/s1. The first-order chi connectivity index (χ1) is 14.0. The summed E-state index contributed by atoms with van der Waals surface area (Å²) in [7, 11) is 0. The highest BCUT2D eigenvalue weighted by Crippen LogP contribution is 2.23. The lowest BCUT2D eigenvalue weighted by Crippen LogP contribution is -2.30. The van der Waals surface area contributed by atoms with Gasteiger partial charge in [-0.1, -0.05) is 44.2 Å². The highest BCUT2D eigenvalue weighted by atomic mass is 16.3. The number of hydrogen-bond acceptors (Lipinski definition) is 5. The number of carbonyl (C=O) groups is 1. The Hall–Kier alpha value is -3.19. The number of aromatic amines is 1. The molecule has 0 saturated heterocycles. The normalized spacial score (nSPS) is 12.0. The summed E-state index contributed by atoms with van der Waals surface area (Å²) in [4.78, 5) is 24.6. The lowest BCUT2D eigenvalue weighted by atomic mass is 10.1. The van der Waals surface area contributed by atoms with E-state index in [9.17, 15) is 9.90 Å². The minimum atomic E-state index is -0.469. The number of nitrogens with zero attached hydrogens (tertiary/aromatic N) is 2. The van der Waals surface area contributed by atoms with Gasteiger partial charge in [-0.25, -0.2) is 9.97 Å². The minimum Gasteiger partial charge on any atom is -0.394 e. The average molecular weight is 393 g/mol. The molecule has 7 nitrogen and oxygen atoms in total. The van der Waals surface area contributed by atoms with Gasteiger partial charge in [0.2, 0.25) is 5.95 Å². The van der Waals surface area contributed by atoms with Crippen molar-refractivity contribution in [2.24, 2.45) is 5.92 Å². The Bertz CT molecular complexity index is 953. The van der Waals surface area contributed by atoms with Crippen LogP contribution in [0.15, 0.2) is 48.8 Å². The molecule has 0 unspecified atom stereocenters. The Morgan fingerprint density at radius 1 is 1.24 bits per heavy atom. The first kappa shape index (κ1) is 20.5. The van der Waals surface area contributed by atoms with Crippen LogP contribution in [0.5, 0.6) is 0 Å². The zero-order valence-electron chi connectivity index (χ0n) is 16.9. The fourth-order valence-corrected chi connectivity index (χ4v) is 2.93. The number of rotatable bonds is 8. The molecule has 0 aliphatic rings. The van der Waals surface area contributed by atoms with Crippen molar-refractivity contribution in [3.8, 4) is 11.3 Å². The Balaban J connectivity index is 1.76. The zero-order chi connectivity index (χ0) is 20.8. The fourth-order valence-electron chi connectivity index (χ4n) is 2.93. The molecule has 3 aromatic rings. The van der Waals surface area contributed by atoms with Crippen LogP contribution in [0, 0.1) is 12.8 Å². The number of nitrogens with one attached hydrogen (secondary N) is 3. The number of aliphatic hydroxyl groups excluding tert-OH is 1. The van der Waals surface area contributed by atoms with Crippen molar-refractivity contribution < 1.29 is 9.90 Å². The van der Waals surface area contributed by atoms with Gasteiger partial charge in [0.1, 0.15) is 5.69 Å². The summed E-state index contributed by atoms with van der Waals surface area (Å²) in [5.74, 6) is 0.759. The third-order valence-electron chi connectivity index (χ3n) is 4.53. The van der Waals surface area contributed by atoms with Gasteiger partial charge in [-0.15, -0.1) is 0 Å². The van der Waals surface area contributed by atoms with Crippen LogP contribution in [-0.2, 0) is 0 Å². The maximum atomic E-state index is 12.7. The van der Waals surface area contributed by atoms with Crippen molar-refractivity contribution in [3.63, 3.8) is 0 Å². The van der Waals surface area contributed by atoms with Gasteiger partial charge < -0.3 is 20.7 Å². The molecule has 4 N–H and O–H groups in total. The molecule has 0 bridgehead atoms. The van der Waals surface area contributed by atoms with E-state index in [2.05, 4.69) is 39.4 Å². The fraction of sp³-hybridized carbons (Fsp3) is 0.318. The van der Waals surface area contributed by atoms with Crippen LogP contribution >= 0.6 is 0 Å². The van der Waals surface area contributed by atoms with Crippen molar-refractivity contribution >= 4 is 11.9 Å². The molecule has 2 aromatic heterocycles. The first-order valence-corrected chi connectivity index (χ1v) is 9.71. The molecule has 0 spiro atoms. The maximum absolute atomic E-state index is 12.7. The predicted octanol–water partition coefficient (Wildman–Crippen LogP) is 3.31. The van der Waals surface area contributed by atoms with Crippen molar-refractivity contribution in [1.29, 1.82) is 0 Å². The summed E-state index contributed by atoms with van der Waals surface area (Å²) in [5.41, 5.74) is 3.75. The van der Waals surface area contributed by atoms with Gasteiger partial charge >= 0.3 is 0 Å². The molecule has 152 valence electrons. The smallest absolute Gasteiger partial charge is 0.268 e. The van der Waals surface area contributed by atoms with E-state index in [4.69, 9.17) is 0 Å². The minimum absolute atomic E-state index is 0.181. The highest BCUT2D eigenvalue weighted by Gasteiger charge is 2.17. The second-order valence-corrected chi connectivity index (χ2v) is 7.42. The molecular weight excluding hydrogens is 366 g/mol. The highest BCUT2D eigenvalue weighted by molar-refractivity contribution is 5.94. The average Bonchev–Trinajstić information content (AvgIpc) is 3.22. The lowest BCUT2D eigenvalue weighted by Gasteiger charge is -2.16. The van der Waals surface area contributed by atoms with Crippen molar-refractivity contribution in [2.45, 2.75) is 26.8 Å². The molecule has 29 heavy (non-hydrogen) atoms. The molecule has 0 aliphatic carbocycles. The van der Waals surface area contributed by atoms with E-state index in [-0.39, 0.29) is 12.5 Å². The maximum Gasteiger partial charge on any atom is 0.268 e. The summed E-state index contributed by atoms with van der Waals surface area (Å²) >= 11 is 0. The number of amides is 1. The quantitative estimate of drug-likeness (QED) is 0.470. The Morgan fingerprint density at radius 2 is 2.00 bits per heavy atom. The van der Waals surface area contributed by atoms with E-state index in [0.29, 0.717) is 17.6 Å². The van der Waals surface area contributed by atoms with Crippen LogP contribution in [0.25, 0.3) is 11.3 Å². The summed E-state index contributed by atoms with van der Waals surface area (Å²) in [6.07, 6.45) is 3.53. The van der Waals surface area contributed by atoms with Crippen LogP contribution in [0.2, 0.25) is 0 Å². The number of benzene rings is 1. The summed E-state index contributed by atoms with van der Waals surface area (Å²) < 4.78 is 0. The van der Waals surface area contributed by atoms with Crippen molar-refractivity contribution in [2.75, 3.05) is 18.5 Å². The topological polar surface area (TPSA) is 103 Å². The van der Waals surface area contributed by atoms with Crippen LogP contribution < -0.4 is 10.6 Å². The lowest BCUT2D eigenvalue weighted by molar-refractivity contribution is 0.0912. The van der Waals surface area contributed by atoms with Gasteiger partial charge in [-0.2, -0.15) is 0 Å². The number of H-pyrrole nitrogens is 1. The van der Waals surface area contributed by atoms with Crippen LogP contribution in [0.3, 0.4) is 0 Å². The van der Waals surface area contributed by atoms with Crippen molar-refractivity contribution in [3.05, 3.63) is 65.6 Å². The molecule has 1 atom stereocenters. The molecule has 7 heteroatoms. The molecule has 3 rings (SSSR count). The number of hydrogen-bond donors (Lipinski definition) is 4. The molecular formula is C22H27N5O2. The number of carbonyl (C=O) groups excluding carboxylic acids is 1. The van der Waals surface area contributed by atoms with Gasteiger partial charge in [0.25, 0.3) is 5.91 Å². The number of anilines is 1. The van der Waals surface area contributed by atoms with E-state index in [1.54, 1.807) is 18.5 Å². The largest absolute Gasteiger partial charge is 0.394 e. The van der Waals surface area contributed by atoms with E-state index < -0.39 is 6.04 Å². The van der Waals surface area contributed by atoms with Gasteiger partial charge in [-0.3, -0.25) is 4.79 Å². The summed E-state index contributed by atoms with van der Waals surface area (Å²) in [6, 6.07) is 10.7. The Labute approximate surface area is 170 Å². The molecule has 0 fully saturated rings. The van der Waals surface area contributed by atoms with E-state index in [0.717, 1.165) is 28.9 Å². The second kappa shape index (κ2) is 9.34. The molecule has 0 saturated carbocycles. The van der Waals surface area contributed by atoms with Gasteiger partial charge in [0, 0.05) is 24.5 Å². The van der Waals surface area contributed by atoms with Crippen LogP contribution in [-0.4, -0.2) is 39.1 Å². The molecule has 0 radical (unpaired) electrons. The Morgan fingerprint density at radius 3 is 2.69 bits per heavy atom. The van der Waals surface area contributed by atoms with Crippen LogP contribution in [0.1, 0.15) is 41.5 Å². The second-order valence-electron chi connectivity index (χ2n) is 7.42. The van der Waals surface area contributed by atoms with Crippen LogP contribution in [0.4, 0.5) is 5.95 Å². The SMILES string of the molecule is Cc1cnc(NCC(C)C)nc1-c1c[nH]c(C(=O)N[C@H](CO)c2ccccc2)c1. The Kier molecular flexibility index (Phi) is 6.61. The predicted molar refractivity (Wildman–Crippen MR) is 114 cm³/mol. The zero-order valence-corrected chi connectivity index (χ0v) is 16.9. The molecule has 1 amide bonds. The molecule has 0 aliphatic heterocycles. The van der Waals surface area contributed by atoms with E-state index in [1.807, 2.05) is 37.3 Å². The summed E-state index contributed by atoms with van der Waals surface area (Å²) in [5, 5.41) is 15.7. The monoisotopic (exact) mass is 393 g/mol. The van der Waals surface area contributed by atoms with Gasteiger partial charge in [-0.05, 0) is 30.0 Å². The third-order valence-corrected chi connectivity index (χ3v) is 4.53. The van der Waals surface area contributed by atoms with Crippen molar-refractivity contribution in [1.82, 2.24) is 20.3 Å². The molecule has 2 heterocycles. The molecule has 1 aromatic carbocycles. The number of aliphatic hydroxyl groups is 1. The first-order valence-electron chi connectivity index (χ1n) is 9.71. The van der Waals surface area contributed by atoms with E-state index >= 15 is 0 Å².